The summed E-state index contributed by atoms with van der Waals surface area (Å²) in [4.78, 5) is 49.4. The van der Waals surface area contributed by atoms with Gasteiger partial charge in [0.25, 0.3) is 10.1 Å². The molecular weight excluding hydrogens is 528 g/mol. The molecule has 2 heterocycles. The Morgan fingerprint density at radius 2 is 1.16 bits per heavy atom. The number of likely N-dealkylation sites (tertiary alicyclic amines) is 2. The van der Waals surface area contributed by atoms with Crippen LogP contribution in [-0.4, -0.2) is 117 Å². The number of esters is 2. The molecule has 0 spiro atoms. The first-order chi connectivity index (χ1) is 17.2. The third-order valence-corrected chi connectivity index (χ3v) is 5.68. The Morgan fingerprint density at radius 3 is 1.53 bits per heavy atom. The van der Waals surface area contributed by atoms with E-state index >= 15 is 0 Å². The zero-order valence-corrected chi connectivity index (χ0v) is 24.2. The number of aliphatic hydroxyl groups excluding tert-OH is 1. The van der Waals surface area contributed by atoms with Crippen LogP contribution < -0.4 is 0 Å². The fourth-order valence-corrected chi connectivity index (χ4v) is 4.33. The van der Waals surface area contributed by atoms with Crippen molar-refractivity contribution in [1.29, 1.82) is 0 Å². The van der Waals surface area contributed by atoms with Gasteiger partial charge in [-0.1, -0.05) is 0 Å². The number of nitrogens with zero attached hydrogens (tertiary/aromatic N) is 2. The second-order valence-electron chi connectivity index (χ2n) is 10.9. The summed E-state index contributed by atoms with van der Waals surface area (Å²) in [7, 11) is -1.23. The van der Waals surface area contributed by atoms with Crippen LogP contribution in [0.2, 0.25) is 0 Å². The van der Waals surface area contributed by atoms with Gasteiger partial charge in [-0.25, -0.2) is 19.2 Å². The number of carbonyl (C=O) groups excluding carboxylic acids is 4. The lowest BCUT2D eigenvalue weighted by Crippen LogP contribution is -2.44. The van der Waals surface area contributed by atoms with E-state index in [1.54, 1.807) is 41.5 Å². The summed E-state index contributed by atoms with van der Waals surface area (Å²) in [5.74, 6) is -1.17. The van der Waals surface area contributed by atoms with Gasteiger partial charge in [0, 0.05) is 12.8 Å². The van der Waals surface area contributed by atoms with Crippen molar-refractivity contribution in [2.24, 2.45) is 0 Å². The molecule has 15 heteroatoms. The number of ether oxygens (including phenoxy) is 4. The van der Waals surface area contributed by atoms with E-state index in [4.69, 9.17) is 13.7 Å². The van der Waals surface area contributed by atoms with Crippen LogP contribution in [0.5, 0.6) is 0 Å². The molecule has 14 nitrogen and oxygen atoms in total. The molecule has 38 heavy (non-hydrogen) atoms. The molecule has 0 aliphatic carbocycles. The normalized spacial score (nSPS) is 23.7. The van der Waals surface area contributed by atoms with Crippen molar-refractivity contribution in [3.05, 3.63) is 0 Å². The predicted molar refractivity (Wildman–Crippen MR) is 132 cm³/mol. The number of β-amino-alcohol motifs (C(OH)–C–C–N with tert-alkyl or cyclic N) is 1. The van der Waals surface area contributed by atoms with Gasteiger partial charge in [-0.15, -0.1) is 0 Å². The van der Waals surface area contributed by atoms with E-state index in [2.05, 4.69) is 9.47 Å². The molecule has 2 rings (SSSR count). The second-order valence-corrected chi connectivity index (χ2v) is 12.5. The molecule has 0 aromatic rings. The Morgan fingerprint density at radius 1 is 0.763 bits per heavy atom. The SMILES string of the molecule is COC(=O)[C@@H]1C[C@@H](O)CN1C(=O)OC(C)(C)C.COC(=O)[C@@H]1C[C@@H](OS(C)(=O)=O)CN1C(=O)OC(C)(C)C. The first-order valence-electron chi connectivity index (χ1n) is 11.9. The Balaban J connectivity index is 0.000000389. The highest BCUT2D eigenvalue weighted by Gasteiger charge is 2.44. The minimum absolute atomic E-state index is 0.0407. The lowest BCUT2D eigenvalue weighted by molar-refractivity contribution is -0.146. The van der Waals surface area contributed by atoms with Crippen molar-refractivity contribution >= 4 is 34.2 Å². The number of rotatable bonds is 4. The predicted octanol–water partition coefficient (Wildman–Crippen LogP) is 1.04. The lowest BCUT2D eigenvalue weighted by atomic mass is 10.2. The molecule has 1 N–H and O–H groups in total. The molecule has 0 unspecified atom stereocenters. The molecule has 2 amide bonds. The number of aliphatic hydroxyl groups is 1. The fraction of sp³-hybridized carbons (Fsp3) is 0.826. The van der Waals surface area contributed by atoms with Crippen molar-refractivity contribution in [3.63, 3.8) is 0 Å². The Bertz CT molecular complexity index is 970. The number of hydrogen-bond acceptors (Lipinski definition) is 12. The molecule has 2 aliphatic heterocycles. The van der Waals surface area contributed by atoms with Gasteiger partial charge in [0.15, 0.2) is 0 Å². The van der Waals surface area contributed by atoms with E-state index in [0.717, 1.165) is 11.2 Å². The largest absolute Gasteiger partial charge is 0.467 e. The van der Waals surface area contributed by atoms with Crippen LogP contribution >= 0.6 is 0 Å². The van der Waals surface area contributed by atoms with Gasteiger partial charge >= 0.3 is 24.1 Å². The highest BCUT2D eigenvalue weighted by molar-refractivity contribution is 7.86. The molecule has 2 aliphatic rings. The maximum atomic E-state index is 12.1. The summed E-state index contributed by atoms with van der Waals surface area (Å²) in [6.07, 6.45) is -1.69. The molecule has 0 radical (unpaired) electrons. The third kappa shape index (κ3) is 11.0. The van der Waals surface area contributed by atoms with Gasteiger partial charge in [-0.2, -0.15) is 8.42 Å². The molecule has 0 aromatic heterocycles. The first kappa shape index (κ1) is 33.4. The average molecular weight is 569 g/mol. The van der Waals surface area contributed by atoms with E-state index in [1.807, 2.05) is 0 Å². The van der Waals surface area contributed by atoms with Crippen molar-refractivity contribution in [2.45, 2.75) is 89.9 Å². The summed E-state index contributed by atoms with van der Waals surface area (Å²) in [5, 5.41) is 9.50. The van der Waals surface area contributed by atoms with Crippen molar-refractivity contribution < 1.29 is 55.8 Å². The highest BCUT2D eigenvalue weighted by Crippen LogP contribution is 2.25. The topological polar surface area (TPSA) is 175 Å². The number of methoxy groups -OCH3 is 2. The molecule has 2 saturated heterocycles. The number of hydrogen-bond donors (Lipinski definition) is 1. The van der Waals surface area contributed by atoms with Crippen molar-refractivity contribution in [3.8, 4) is 0 Å². The van der Waals surface area contributed by atoms with Crippen LogP contribution in [-0.2, 0) is 42.8 Å². The van der Waals surface area contributed by atoms with E-state index in [1.165, 1.54) is 19.1 Å². The highest BCUT2D eigenvalue weighted by atomic mass is 32.2. The Labute approximate surface area is 223 Å². The maximum absolute atomic E-state index is 12.1. The molecule has 220 valence electrons. The van der Waals surface area contributed by atoms with E-state index in [9.17, 15) is 32.7 Å². The summed E-state index contributed by atoms with van der Waals surface area (Å²) in [6.45, 7) is 10.3. The van der Waals surface area contributed by atoms with Crippen molar-refractivity contribution in [2.75, 3.05) is 33.6 Å². The minimum atomic E-state index is -3.68. The zero-order chi connectivity index (χ0) is 29.6. The van der Waals surface area contributed by atoms with E-state index < -0.39 is 69.7 Å². The number of carbonyl (C=O) groups is 4. The molecule has 0 saturated carbocycles. The van der Waals surface area contributed by atoms with Crippen LogP contribution in [0.3, 0.4) is 0 Å². The minimum Gasteiger partial charge on any atom is -0.467 e. The van der Waals surface area contributed by atoms with Gasteiger partial charge in [-0.05, 0) is 41.5 Å². The van der Waals surface area contributed by atoms with Crippen LogP contribution in [0, 0.1) is 0 Å². The second kappa shape index (κ2) is 12.9. The Kier molecular flexibility index (Phi) is 11.4. The first-order valence-corrected chi connectivity index (χ1v) is 13.7. The summed E-state index contributed by atoms with van der Waals surface area (Å²) < 4.78 is 46.8. The standard InChI is InChI=1S/C12H21NO7S.C11H19NO5/c1-12(2,3)19-11(15)13-7-8(20-21(5,16)17)6-9(13)10(14)18-4;1-11(2,3)17-10(15)12-6-7(13)5-8(12)9(14)16-4/h8-9H,6-7H2,1-5H3;7-8,13H,5-6H2,1-4H3/t8-,9+;7-,8+/m11/s1. The lowest BCUT2D eigenvalue weighted by Gasteiger charge is -2.27. The van der Waals surface area contributed by atoms with Gasteiger partial charge in [0.05, 0.1) is 45.8 Å². The summed E-state index contributed by atoms with van der Waals surface area (Å²) in [6, 6.07) is -1.68. The molecule has 0 aromatic carbocycles. The molecule has 2 fully saturated rings. The molecular formula is C23H40N2O12S. The number of amides is 2. The Hall–Kier alpha value is -2.65. The smallest absolute Gasteiger partial charge is 0.411 e. The van der Waals surface area contributed by atoms with Crippen LogP contribution in [0.15, 0.2) is 0 Å². The molecule has 0 bridgehead atoms. The maximum Gasteiger partial charge on any atom is 0.411 e. The summed E-state index contributed by atoms with van der Waals surface area (Å²) >= 11 is 0. The van der Waals surface area contributed by atoms with E-state index in [-0.39, 0.29) is 25.9 Å². The van der Waals surface area contributed by atoms with Crippen LogP contribution in [0.1, 0.15) is 54.4 Å². The van der Waals surface area contributed by atoms with E-state index in [0.29, 0.717) is 0 Å². The summed E-state index contributed by atoms with van der Waals surface area (Å²) in [5.41, 5.74) is -1.36. The monoisotopic (exact) mass is 568 g/mol. The van der Waals surface area contributed by atoms with Gasteiger partial charge in [-0.3, -0.25) is 14.0 Å². The average Bonchev–Trinajstić information content (AvgIpc) is 3.33. The quantitative estimate of drug-likeness (QED) is 0.290. The van der Waals surface area contributed by atoms with Crippen LogP contribution in [0.25, 0.3) is 0 Å². The van der Waals surface area contributed by atoms with Gasteiger partial charge in [0.1, 0.15) is 23.3 Å². The zero-order valence-electron chi connectivity index (χ0n) is 23.4. The van der Waals surface area contributed by atoms with Gasteiger partial charge in [0.2, 0.25) is 0 Å². The molecule has 4 atom stereocenters. The van der Waals surface area contributed by atoms with Crippen LogP contribution in [0.4, 0.5) is 9.59 Å². The fourth-order valence-electron chi connectivity index (χ4n) is 3.69. The van der Waals surface area contributed by atoms with Crippen molar-refractivity contribution in [1.82, 2.24) is 9.80 Å². The third-order valence-electron chi connectivity index (χ3n) is 5.06. The van der Waals surface area contributed by atoms with Gasteiger partial charge < -0.3 is 24.1 Å².